The Hall–Kier alpha value is -3.74. The Kier molecular flexibility index (Phi) is 5.20. The minimum atomic E-state index is -0.205. The van der Waals surface area contributed by atoms with Crippen molar-refractivity contribution < 1.29 is 4.79 Å². The third-order valence-electron chi connectivity index (χ3n) is 4.78. The Bertz CT molecular complexity index is 1210. The van der Waals surface area contributed by atoms with Gasteiger partial charge in [-0.15, -0.1) is 0 Å². The molecule has 0 spiro atoms. The molecule has 0 bridgehead atoms. The predicted octanol–water partition coefficient (Wildman–Crippen LogP) is 2.71. The van der Waals surface area contributed by atoms with E-state index in [1.165, 1.54) is 4.68 Å². The summed E-state index contributed by atoms with van der Waals surface area (Å²) in [4.78, 5) is 29.4. The second-order valence-electron chi connectivity index (χ2n) is 6.81. The number of hydrogen-bond donors (Lipinski definition) is 1. The van der Waals surface area contributed by atoms with Gasteiger partial charge in [-0.1, -0.05) is 24.3 Å². The third kappa shape index (κ3) is 3.94. The highest BCUT2D eigenvalue weighted by Gasteiger charge is 2.11. The number of nitrogens with zero attached hydrogens (tertiary/aromatic N) is 4. The summed E-state index contributed by atoms with van der Waals surface area (Å²) in [6, 6.07) is 14.4. The maximum absolute atomic E-state index is 12.9. The van der Waals surface area contributed by atoms with E-state index >= 15 is 0 Å². The summed E-state index contributed by atoms with van der Waals surface area (Å²) in [5, 5.41) is 8.79. The highest BCUT2D eigenvalue weighted by molar-refractivity contribution is 5.94. The predicted molar refractivity (Wildman–Crippen MR) is 111 cm³/mol. The number of rotatable bonds is 6. The van der Waals surface area contributed by atoms with Gasteiger partial charge in [-0.25, -0.2) is 4.98 Å². The first-order chi connectivity index (χ1) is 14.1. The number of aromatic nitrogens is 4. The number of imidazole rings is 1. The molecule has 2 aromatic carbocycles. The molecule has 0 saturated heterocycles. The number of benzene rings is 2. The summed E-state index contributed by atoms with van der Waals surface area (Å²) < 4.78 is 3.32. The zero-order valence-corrected chi connectivity index (χ0v) is 16.1. The van der Waals surface area contributed by atoms with Crippen molar-refractivity contribution in [3.63, 3.8) is 0 Å². The van der Waals surface area contributed by atoms with Crippen LogP contribution in [-0.2, 0) is 6.54 Å². The molecule has 7 heteroatoms. The van der Waals surface area contributed by atoms with E-state index in [9.17, 15) is 9.59 Å². The molecule has 0 radical (unpaired) electrons. The molecule has 2 aromatic heterocycles. The van der Waals surface area contributed by atoms with Gasteiger partial charge in [0.05, 0.1) is 23.1 Å². The van der Waals surface area contributed by atoms with Gasteiger partial charge < -0.3 is 9.88 Å². The summed E-state index contributed by atoms with van der Waals surface area (Å²) in [5.41, 5.74) is 1.61. The molecule has 0 fully saturated rings. The topological polar surface area (TPSA) is 81.8 Å². The van der Waals surface area contributed by atoms with Gasteiger partial charge in [0.1, 0.15) is 0 Å². The monoisotopic (exact) mass is 387 g/mol. The molecule has 29 heavy (non-hydrogen) atoms. The van der Waals surface area contributed by atoms with Crippen LogP contribution in [0.2, 0.25) is 0 Å². The molecule has 7 nitrogen and oxygen atoms in total. The molecule has 4 aromatic rings. The van der Waals surface area contributed by atoms with Gasteiger partial charge in [0.15, 0.2) is 0 Å². The first-order valence-corrected chi connectivity index (χ1v) is 9.46. The van der Waals surface area contributed by atoms with Crippen LogP contribution in [0.1, 0.15) is 22.5 Å². The molecule has 0 unspecified atom stereocenters. The fraction of sp³-hybridized carbons (Fsp3) is 0.182. The van der Waals surface area contributed by atoms with Crippen LogP contribution < -0.4 is 10.9 Å². The van der Waals surface area contributed by atoms with E-state index in [2.05, 4.69) is 15.4 Å². The van der Waals surface area contributed by atoms with Crippen LogP contribution in [0.15, 0.2) is 72.0 Å². The summed E-state index contributed by atoms with van der Waals surface area (Å²) in [7, 11) is 0. The maximum atomic E-state index is 12.9. The summed E-state index contributed by atoms with van der Waals surface area (Å²) >= 11 is 0. The number of amides is 1. The molecule has 2 heterocycles. The summed E-state index contributed by atoms with van der Waals surface area (Å²) in [6.07, 6.45) is 6.17. The lowest BCUT2D eigenvalue weighted by atomic mass is 10.1. The molecule has 0 atom stereocenters. The first-order valence-electron chi connectivity index (χ1n) is 9.46. The number of aryl methyl sites for hydroxylation is 2. The number of hydrogen-bond acceptors (Lipinski definition) is 4. The third-order valence-corrected chi connectivity index (χ3v) is 4.78. The van der Waals surface area contributed by atoms with E-state index in [0.717, 1.165) is 24.0 Å². The van der Waals surface area contributed by atoms with Crippen molar-refractivity contribution in [2.75, 3.05) is 6.54 Å². The van der Waals surface area contributed by atoms with Gasteiger partial charge in [0.2, 0.25) is 0 Å². The fourth-order valence-corrected chi connectivity index (χ4v) is 3.29. The molecule has 146 valence electrons. The number of carbonyl (C=O) groups excluding carboxylic acids is 1. The van der Waals surface area contributed by atoms with E-state index in [-0.39, 0.29) is 11.5 Å². The molecule has 1 N–H and O–H groups in total. The standard InChI is InChI=1S/C22H21N5O2/c1-16-19-8-2-3-9-20(19)22(29)27(25-16)18-7-4-6-17(14-18)21(28)24-10-5-12-26-13-11-23-15-26/h2-4,6-9,11,13-15H,5,10,12H2,1H3,(H,24,28). The van der Waals surface area contributed by atoms with Crippen molar-refractivity contribution in [2.45, 2.75) is 19.9 Å². The van der Waals surface area contributed by atoms with Crippen molar-refractivity contribution in [2.24, 2.45) is 0 Å². The van der Waals surface area contributed by atoms with Crippen LogP contribution in [0.25, 0.3) is 16.5 Å². The minimum Gasteiger partial charge on any atom is -0.352 e. The SMILES string of the molecule is Cc1nn(-c2cccc(C(=O)NCCCn3ccnc3)c2)c(=O)c2ccccc12. The van der Waals surface area contributed by atoms with Crippen molar-refractivity contribution in [3.05, 3.63) is 88.9 Å². The number of nitrogens with one attached hydrogen (secondary N) is 1. The highest BCUT2D eigenvalue weighted by atomic mass is 16.1. The molecule has 0 saturated carbocycles. The average Bonchev–Trinajstić information content (AvgIpc) is 3.27. The molecule has 0 aliphatic carbocycles. The molecule has 4 rings (SSSR count). The van der Waals surface area contributed by atoms with Gasteiger partial charge in [0.25, 0.3) is 11.5 Å². The molecule has 0 aliphatic heterocycles. The van der Waals surface area contributed by atoms with Gasteiger partial charge >= 0.3 is 0 Å². The molecular formula is C22H21N5O2. The Morgan fingerprint density at radius 3 is 2.72 bits per heavy atom. The summed E-state index contributed by atoms with van der Waals surface area (Å²) in [6.45, 7) is 3.21. The van der Waals surface area contributed by atoms with E-state index in [4.69, 9.17) is 0 Å². The van der Waals surface area contributed by atoms with Gasteiger partial charge in [-0.2, -0.15) is 9.78 Å². The van der Waals surface area contributed by atoms with Crippen molar-refractivity contribution in [3.8, 4) is 5.69 Å². The molecule has 1 amide bonds. The highest BCUT2D eigenvalue weighted by Crippen LogP contribution is 2.15. The normalized spacial score (nSPS) is 10.9. The molecular weight excluding hydrogens is 366 g/mol. The number of fused-ring (bicyclic) bond motifs is 1. The Labute approximate surface area is 167 Å². The second kappa shape index (κ2) is 8.10. The summed E-state index contributed by atoms with van der Waals surface area (Å²) in [5.74, 6) is -0.178. The van der Waals surface area contributed by atoms with Crippen LogP contribution in [0.3, 0.4) is 0 Å². The number of carbonyl (C=O) groups is 1. The Balaban J connectivity index is 1.53. The quantitative estimate of drug-likeness (QED) is 0.516. The largest absolute Gasteiger partial charge is 0.352 e. The van der Waals surface area contributed by atoms with E-state index in [1.807, 2.05) is 35.9 Å². The van der Waals surface area contributed by atoms with Crippen LogP contribution in [0, 0.1) is 6.92 Å². The second-order valence-corrected chi connectivity index (χ2v) is 6.81. The van der Waals surface area contributed by atoms with Gasteiger partial charge in [0, 0.05) is 36.4 Å². The molecule has 0 aliphatic rings. The lowest BCUT2D eigenvalue weighted by Gasteiger charge is -2.10. The zero-order valence-electron chi connectivity index (χ0n) is 16.1. The Morgan fingerprint density at radius 2 is 1.93 bits per heavy atom. The first kappa shape index (κ1) is 18.6. The van der Waals surface area contributed by atoms with Crippen LogP contribution >= 0.6 is 0 Å². The maximum Gasteiger partial charge on any atom is 0.279 e. The average molecular weight is 387 g/mol. The Morgan fingerprint density at radius 1 is 1.10 bits per heavy atom. The minimum absolute atomic E-state index is 0.178. The van der Waals surface area contributed by atoms with Crippen LogP contribution in [0.5, 0.6) is 0 Å². The fourth-order valence-electron chi connectivity index (χ4n) is 3.29. The van der Waals surface area contributed by atoms with Crippen molar-refractivity contribution in [1.29, 1.82) is 0 Å². The van der Waals surface area contributed by atoms with Gasteiger partial charge in [-0.3, -0.25) is 9.59 Å². The smallest absolute Gasteiger partial charge is 0.279 e. The van der Waals surface area contributed by atoms with E-state index < -0.39 is 0 Å². The lowest BCUT2D eigenvalue weighted by Crippen LogP contribution is -2.26. The van der Waals surface area contributed by atoms with Crippen LogP contribution in [0.4, 0.5) is 0 Å². The zero-order chi connectivity index (χ0) is 20.2. The van der Waals surface area contributed by atoms with Crippen LogP contribution in [-0.4, -0.2) is 31.8 Å². The van der Waals surface area contributed by atoms with Crippen molar-refractivity contribution >= 4 is 16.7 Å². The van der Waals surface area contributed by atoms with E-state index in [1.54, 1.807) is 42.9 Å². The van der Waals surface area contributed by atoms with E-state index in [0.29, 0.717) is 23.2 Å². The van der Waals surface area contributed by atoms with Gasteiger partial charge in [-0.05, 0) is 37.6 Å². The lowest BCUT2D eigenvalue weighted by molar-refractivity contribution is 0.0952. The van der Waals surface area contributed by atoms with Crippen molar-refractivity contribution in [1.82, 2.24) is 24.6 Å².